The molecule has 0 amide bonds. The normalized spacial score (nSPS) is 63.1. The van der Waals surface area contributed by atoms with Gasteiger partial charge in [0.2, 0.25) is 0 Å². The van der Waals surface area contributed by atoms with E-state index in [0.717, 1.165) is 0 Å². The first-order valence-corrected chi connectivity index (χ1v) is 4.24. The highest BCUT2D eigenvalue weighted by molar-refractivity contribution is 5.38. The summed E-state index contributed by atoms with van der Waals surface area (Å²) in [6, 6.07) is 0. The Labute approximate surface area is 66.7 Å². The molecule has 0 aromatic carbocycles. The van der Waals surface area contributed by atoms with Crippen LogP contribution in [0.4, 0.5) is 0 Å². The lowest BCUT2D eigenvalue weighted by atomic mass is 9.68. The van der Waals surface area contributed by atoms with Crippen LogP contribution in [0, 0.1) is 11.8 Å². The molecule has 4 rings (SSSR count). The first-order chi connectivity index (χ1) is 5.17. The second-order valence-corrected chi connectivity index (χ2v) is 4.14. The molecule has 3 aliphatic carbocycles. The van der Waals surface area contributed by atoms with Gasteiger partial charge in [-0.1, -0.05) is 24.3 Å². The SMILES string of the molecule is C[C@@]12O[C@]1(C)C1C=CC2C=C1. The Kier molecular flexibility index (Phi) is 0.730. The van der Waals surface area contributed by atoms with Gasteiger partial charge in [0.05, 0.1) is 0 Å². The van der Waals surface area contributed by atoms with Gasteiger partial charge in [-0.25, -0.2) is 0 Å². The predicted molar refractivity (Wildman–Crippen MR) is 43.2 cm³/mol. The molecular formula is C10H12O. The number of rotatable bonds is 0. The average Bonchev–Trinajstić information content (AvgIpc) is 2.60. The van der Waals surface area contributed by atoms with Gasteiger partial charge < -0.3 is 4.74 Å². The molecule has 4 aliphatic rings. The van der Waals surface area contributed by atoms with Crippen LogP contribution in [-0.2, 0) is 4.74 Å². The highest BCUT2D eigenvalue weighted by Gasteiger charge is 2.71. The van der Waals surface area contributed by atoms with Gasteiger partial charge >= 0.3 is 0 Å². The van der Waals surface area contributed by atoms with E-state index < -0.39 is 0 Å². The maximum atomic E-state index is 5.81. The van der Waals surface area contributed by atoms with E-state index in [-0.39, 0.29) is 11.2 Å². The van der Waals surface area contributed by atoms with Gasteiger partial charge in [0.15, 0.2) is 0 Å². The lowest BCUT2D eigenvalue weighted by molar-refractivity contribution is 0.261. The molecule has 1 heterocycles. The van der Waals surface area contributed by atoms with Gasteiger partial charge in [0, 0.05) is 11.8 Å². The quantitative estimate of drug-likeness (QED) is 0.377. The van der Waals surface area contributed by atoms with E-state index >= 15 is 0 Å². The summed E-state index contributed by atoms with van der Waals surface area (Å²) >= 11 is 0. The molecule has 0 aromatic rings. The number of ether oxygens (including phenoxy) is 1. The van der Waals surface area contributed by atoms with Crippen molar-refractivity contribution in [3.63, 3.8) is 0 Å². The zero-order chi connectivity index (χ0) is 7.69. The average molecular weight is 148 g/mol. The van der Waals surface area contributed by atoms with Crippen molar-refractivity contribution in [2.45, 2.75) is 25.0 Å². The molecule has 2 atom stereocenters. The molecule has 0 unspecified atom stereocenters. The zero-order valence-electron chi connectivity index (χ0n) is 6.87. The highest BCUT2D eigenvalue weighted by atomic mass is 16.6. The van der Waals surface area contributed by atoms with Crippen LogP contribution in [0.15, 0.2) is 24.3 Å². The number of hydrogen-bond acceptors (Lipinski definition) is 1. The van der Waals surface area contributed by atoms with Gasteiger partial charge in [-0.15, -0.1) is 0 Å². The molecule has 0 N–H and O–H groups in total. The van der Waals surface area contributed by atoms with Crippen LogP contribution in [-0.4, -0.2) is 11.2 Å². The molecule has 2 bridgehead atoms. The van der Waals surface area contributed by atoms with Crippen LogP contribution < -0.4 is 0 Å². The predicted octanol–water partition coefficient (Wildman–Crippen LogP) is 1.91. The van der Waals surface area contributed by atoms with Gasteiger partial charge in [0.1, 0.15) is 11.2 Å². The van der Waals surface area contributed by atoms with Gasteiger partial charge in [0.25, 0.3) is 0 Å². The lowest BCUT2D eigenvalue weighted by Gasteiger charge is -2.31. The fourth-order valence-corrected chi connectivity index (χ4v) is 2.55. The summed E-state index contributed by atoms with van der Waals surface area (Å²) in [6.07, 6.45) is 9.11. The minimum absolute atomic E-state index is 0.126. The van der Waals surface area contributed by atoms with Crippen molar-refractivity contribution in [1.82, 2.24) is 0 Å². The monoisotopic (exact) mass is 148 g/mol. The Morgan fingerprint density at radius 1 is 0.909 bits per heavy atom. The first-order valence-electron chi connectivity index (χ1n) is 4.24. The highest BCUT2D eigenvalue weighted by Crippen LogP contribution is 2.62. The Bertz CT molecular complexity index is 239. The molecule has 0 radical (unpaired) electrons. The van der Waals surface area contributed by atoms with E-state index in [2.05, 4.69) is 38.2 Å². The largest absolute Gasteiger partial charge is 0.361 e. The van der Waals surface area contributed by atoms with Crippen molar-refractivity contribution in [2.75, 3.05) is 0 Å². The van der Waals surface area contributed by atoms with Gasteiger partial charge in [-0.2, -0.15) is 0 Å². The molecule has 1 saturated heterocycles. The third-order valence-electron chi connectivity index (χ3n) is 3.69. The van der Waals surface area contributed by atoms with Crippen molar-refractivity contribution in [1.29, 1.82) is 0 Å². The van der Waals surface area contributed by atoms with Gasteiger partial charge in [-0.05, 0) is 13.8 Å². The van der Waals surface area contributed by atoms with Crippen LogP contribution >= 0.6 is 0 Å². The molecule has 58 valence electrons. The summed E-state index contributed by atoms with van der Waals surface area (Å²) in [5.41, 5.74) is 0.252. The molecular weight excluding hydrogens is 136 g/mol. The minimum Gasteiger partial charge on any atom is -0.361 e. The Balaban J connectivity index is 2.19. The second-order valence-electron chi connectivity index (χ2n) is 4.14. The van der Waals surface area contributed by atoms with Crippen LogP contribution in [0.5, 0.6) is 0 Å². The van der Waals surface area contributed by atoms with Crippen molar-refractivity contribution in [2.24, 2.45) is 11.8 Å². The van der Waals surface area contributed by atoms with E-state index in [0.29, 0.717) is 11.8 Å². The molecule has 0 saturated carbocycles. The number of epoxide rings is 1. The maximum absolute atomic E-state index is 5.81. The molecule has 0 aromatic heterocycles. The molecule has 0 spiro atoms. The molecule has 1 nitrogen and oxygen atoms in total. The van der Waals surface area contributed by atoms with Crippen molar-refractivity contribution < 1.29 is 4.74 Å². The fourth-order valence-electron chi connectivity index (χ4n) is 2.55. The van der Waals surface area contributed by atoms with Crippen molar-refractivity contribution in [3.05, 3.63) is 24.3 Å². The van der Waals surface area contributed by atoms with E-state index in [1.54, 1.807) is 0 Å². The smallest absolute Gasteiger partial charge is 0.105 e. The van der Waals surface area contributed by atoms with Crippen LogP contribution in [0.1, 0.15) is 13.8 Å². The Hall–Kier alpha value is -0.560. The van der Waals surface area contributed by atoms with E-state index in [4.69, 9.17) is 4.74 Å². The van der Waals surface area contributed by atoms with Crippen LogP contribution in [0.25, 0.3) is 0 Å². The van der Waals surface area contributed by atoms with Crippen molar-refractivity contribution in [3.8, 4) is 0 Å². The zero-order valence-corrected chi connectivity index (χ0v) is 6.87. The standard InChI is InChI=1S/C10H12O/c1-9-7-3-5-8(6-4-7)10(9,2)11-9/h3-8H,1-2H3/t7?,8?,9-,10+. The first kappa shape index (κ1) is 6.01. The fraction of sp³-hybridized carbons (Fsp3) is 0.600. The van der Waals surface area contributed by atoms with E-state index in [9.17, 15) is 0 Å². The molecule has 11 heavy (non-hydrogen) atoms. The summed E-state index contributed by atoms with van der Waals surface area (Å²) in [6.45, 7) is 4.44. The summed E-state index contributed by atoms with van der Waals surface area (Å²) in [5, 5.41) is 0. The molecule has 1 fully saturated rings. The number of hydrogen-bond donors (Lipinski definition) is 0. The summed E-state index contributed by atoms with van der Waals surface area (Å²) in [4.78, 5) is 0. The minimum atomic E-state index is 0.126. The Morgan fingerprint density at radius 3 is 1.55 bits per heavy atom. The summed E-state index contributed by atoms with van der Waals surface area (Å²) in [7, 11) is 0. The summed E-state index contributed by atoms with van der Waals surface area (Å²) < 4.78 is 5.81. The van der Waals surface area contributed by atoms with Crippen LogP contribution in [0.2, 0.25) is 0 Å². The van der Waals surface area contributed by atoms with Crippen molar-refractivity contribution >= 4 is 0 Å². The van der Waals surface area contributed by atoms with Gasteiger partial charge in [-0.3, -0.25) is 0 Å². The third-order valence-corrected chi connectivity index (χ3v) is 3.69. The molecule has 1 heteroatoms. The maximum Gasteiger partial charge on any atom is 0.105 e. The third kappa shape index (κ3) is 0.441. The second kappa shape index (κ2) is 1.34. The topological polar surface area (TPSA) is 12.5 Å². The molecule has 1 aliphatic heterocycles. The van der Waals surface area contributed by atoms with Crippen LogP contribution in [0.3, 0.4) is 0 Å². The lowest BCUT2D eigenvalue weighted by Crippen LogP contribution is -2.38. The van der Waals surface area contributed by atoms with E-state index in [1.807, 2.05) is 0 Å². The Morgan fingerprint density at radius 2 is 1.27 bits per heavy atom. The summed E-state index contributed by atoms with van der Waals surface area (Å²) in [5.74, 6) is 1.05. The van der Waals surface area contributed by atoms with E-state index in [1.165, 1.54) is 0 Å².